The summed E-state index contributed by atoms with van der Waals surface area (Å²) in [7, 11) is 0. The highest BCUT2D eigenvalue weighted by atomic mass is 16.2. The van der Waals surface area contributed by atoms with Crippen molar-refractivity contribution < 1.29 is 4.79 Å². The van der Waals surface area contributed by atoms with Gasteiger partial charge in [-0.2, -0.15) is 0 Å². The number of aliphatic imine (C=N–C) groups is 1. The van der Waals surface area contributed by atoms with Crippen molar-refractivity contribution in [3.63, 3.8) is 0 Å². The minimum Gasteiger partial charge on any atom is -0.265 e. The third-order valence-electron chi connectivity index (χ3n) is 2.01. The quantitative estimate of drug-likeness (QED) is 0.654. The van der Waals surface area contributed by atoms with Crippen LogP contribution in [-0.2, 0) is 4.79 Å². The summed E-state index contributed by atoms with van der Waals surface area (Å²) in [5.74, 6) is -0.221. The largest absolute Gasteiger partial charge is 0.293 e. The van der Waals surface area contributed by atoms with E-state index in [1.165, 1.54) is 0 Å². The van der Waals surface area contributed by atoms with E-state index in [2.05, 4.69) is 10.3 Å². The number of carbonyl (C=O) groups is 1. The summed E-state index contributed by atoms with van der Waals surface area (Å²) in [4.78, 5) is 15.8. The van der Waals surface area contributed by atoms with Gasteiger partial charge in [-0.15, -0.1) is 0 Å². The summed E-state index contributed by atoms with van der Waals surface area (Å²) in [6, 6.07) is 9.42. The van der Waals surface area contributed by atoms with Gasteiger partial charge in [0, 0.05) is 5.56 Å². The normalized spacial score (nSPS) is 19.0. The number of hydrogen-bond donors (Lipinski definition) is 0. The molecule has 0 saturated carbocycles. The zero-order chi connectivity index (χ0) is 10.2. The number of rotatable bonds is 1. The Labute approximate surface area is 82.9 Å². The molecule has 0 bridgehead atoms. The summed E-state index contributed by atoms with van der Waals surface area (Å²) < 4.78 is 0. The van der Waals surface area contributed by atoms with Gasteiger partial charge in [0.1, 0.15) is 11.4 Å². The molecule has 0 saturated heterocycles. The van der Waals surface area contributed by atoms with E-state index in [4.69, 9.17) is 0 Å². The highest BCUT2D eigenvalue weighted by Gasteiger charge is 2.33. The molecular weight excluding hydrogens is 176 g/mol. The molecule has 0 fully saturated rings. The van der Waals surface area contributed by atoms with E-state index < -0.39 is 5.66 Å². The Hall–Kier alpha value is -1.64. The number of amides is 1. The molecule has 2 rings (SSSR count). The van der Waals surface area contributed by atoms with Gasteiger partial charge in [0.05, 0.1) is 0 Å². The van der Waals surface area contributed by atoms with Crippen LogP contribution in [0.2, 0.25) is 0 Å². The van der Waals surface area contributed by atoms with E-state index >= 15 is 0 Å². The van der Waals surface area contributed by atoms with Crippen LogP contribution in [0.5, 0.6) is 0 Å². The van der Waals surface area contributed by atoms with Crippen LogP contribution in [0, 0.1) is 0 Å². The minimum absolute atomic E-state index is 0.221. The molecule has 0 aromatic heterocycles. The van der Waals surface area contributed by atoms with Crippen LogP contribution in [0.1, 0.15) is 19.4 Å². The van der Waals surface area contributed by atoms with Gasteiger partial charge >= 0.3 is 0 Å². The first-order valence-electron chi connectivity index (χ1n) is 4.51. The van der Waals surface area contributed by atoms with Gasteiger partial charge in [-0.25, -0.2) is 10.3 Å². The number of hydrogen-bond acceptors (Lipinski definition) is 2. The predicted molar refractivity (Wildman–Crippen MR) is 54.2 cm³/mol. The Morgan fingerprint density at radius 2 is 1.79 bits per heavy atom. The second-order valence-electron chi connectivity index (χ2n) is 3.74. The molecule has 1 aromatic carbocycles. The van der Waals surface area contributed by atoms with E-state index in [9.17, 15) is 4.79 Å². The summed E-state index contributed by atoms with van der Waals surface area (Å²) in [6.45, 7) is 3.64. The summed E-state index contributed by atoms with van der Waals surface area (Å²) >= 11 is 0. The molecule has 0 aliphatic carbocycles. The second kappa shape index (κ2) is 2.94. The lowest BCUT2D eigenvalue weighted by Crippen LogP contribution is -2.29. The predicted octanol–water partition coefficient (Wildman–Crippen LogP) is 1.36. The molecule has 3 heteroatoms. The second-order valence-corrected chi connectivity index (χ2v) is 3.74. The minimum atomic E-state index is -0.595. The highest BCUT2D eigenvalue weighted by molar-refractivity contribution is 6.46. The van der Waals surface area contributed by atoms with Crippen LogP contribution in [-0.4, -0.2) is 17.3 Å². The Balaban J connectivity index is 2.42. The molecule has 1 aliphatic rings. The lowest BCUT2D eigenvalue weighted by molar-refractivity contribution is -0.115. The molecule has 3 nitrogen and oxygen atoms in total. The van der Waals surface area contributed by atoms with E-state index in [0.29, 0.717) is 5.71 Å². The monoisotopic (exact) mass is 187 g/mol. The molecule has 1 aromatic rings. The topological polar surface area (TPSA) is 43.5 Å². The van der Waals surface area contributed by atoms with Crippen molar-refractivity contribution in [2.45, 2.75) is 19.5 Å². The summed E-state index contributed by atoms with van der Waals surface area (Å²) in [5, 5.41) is 3.94. The van der Waals surface area contributed by atoms with Crippen molar-refractivity contribution in [2.24, 2.45) is 4.99 Å². The maximum absolute atomic E-state index is 11.5. The molecule has 14 heavy (non-hydrogen) atoms. The number of nitrogens with zero attached hydrogens (tertiary/aromatic N) is 2. The zero-order valence-electron chi connectivity index (χ0n) is 8.19. The van der Waals surface area contributed by atoms with Crippen LogP contribution in [0.15, 0.2) is 35.3 Å². The highest BCUT2D eigenvalue weighted by Crippen LogP contribution is 2.17. The van der Waals surface area contributed by atoms with E-state index in [1.807, 2.05) is 44.2 Å². The lowest BCUT2D eigenvalue weighted by Gasteiger charge is -2.08. The van der Waals surface area contributed by atoms with Gasteiger partial charge < -0.3 is 0 Å². The van der Waals surface area contributed by atoms with E-state index in [0.717, 1.165) is 5.56 Å². The van der Waals surface area contributed by atoms with Gasteiger partial charge in [-0.05, 0) is 13.8 Å². The molecule has 1 heterocycles. The van der Waals surface area contributed by atoms with Gasteiger partial charge in [0.15, 0.2) is 0 Å². The van der Waals surface area contributed by atoms with Gasteiger partial charge in [-0.1, -0.05) is 30.3 Å². The Morgan fingerprint density at radius 3 is 2.29 bits per heavy atom. The molecule has 1 aliphatic heterocycles. The third-order valence-corrected chi connectivity index (χ3v) is 2.01. The number of carbonyl (C=O) groups excluding carboxylic acids is 1. The lowest BCUT2D eigenvalue weighted by atomic mass is 10.1. The Bertz CT molecular complexity index is 393. The molecule has 0 unspecified atom stereocenters. The van der Waals surface area contributed by atoms with Crippen molar-refractivity contribution >= 4 is 11.6 Å². The molecule has 0 N–H and O–H groups in total. The molecule has 0 atom stereocenters. The van der Waals surface area contributed by atoms with Gasteiger partial charge in [0.25, 0.3) is 5.91 Å². The first-order chi connectivity index (χ1) is 6.58. The van der Waals surface area contributed by atoms with Crippen LogP contribution in [0.25, 0.3) is 0 Å². The number of benzene rings is 1. The first kappa shape index (κ1) is 8.94. The maximum Gasteiger partial charge on any atom is 0.293 e. The van der Waals surface area contributed by atoms with Crippen molar-refractivity contribution in [2.75, 3.05) is 0 Å². The third kappa shape index (κ3) is 1.53. The van der Waals surface area contributed by atoms with Crippen LogP contribution in [0.4, 0.5) is 0 Å². The van der Waals surface area contributed by atoms with Crippen LogP contribution < -0.4 is 5.32 Å². The fraction of sp³-hybridized carbons (Fsp3) is 0.273. The first-order valence-corrected chi connectivity index (χ1v) is 4.51. The smallest absolute Gasteiger partial charge is 0.265 e. The average molecular weight is 187 g/mol. The van der Waals surface area contributed by atoms with Crippen molar-refractivity contribution in [3.8, 4) is 0 Å². The van der Waals surface area contributed by atoms with Crippen molar-refractivity contribution in [1.29, 1.82) is 0 Å². The fourth-order valence-corrected chi connectivity index (χ4v) is 1.43. The van der Waals surface area contributed by atoms with Crippen molar-refractivity contribution in [1.82, 2.24) is 5.32 Å². The molecular formula is C11H11N2O. The Morgan fingerprint density at radius 1 is 1.14 bits per heavy atom. The molecule has 1 radical (unpaired) electrons. The fourth-order valence-electron chi connectivity index (χ4n) is 1.43. The van der Waals surface area contributed by atoms with Gasteiger partial charge in [-0.3, -0.25) is 4.79 Å². The SMILES string of the molecule is CC1(C)[N]C(=O)C(c2ccccc2)=N1. The van der Waals surface area contributed by atoms with Crippen LogP contribution >= 0.6 is 0 Å². The van der Waals surface area contributed by atoms with E-state index in [-0.39, 0.29) is 5.91 Å². The molecule has 0 spiro atoms. The average Bonchev–Trinajstić information content (AvgIpc) is 2.41. The van der Waals surface area contributed by atoms with E-state index in [1.54, 1.807) is 0 Å². The zero-order valence-corrected chi connectivity index (χ0v) is 8.19. The maximum atomic E-state index is 11.5. The Kier molecular flexibility index (Phi) is 1.88. The standard InChI is InChI=1S/C11H11N2O/c1-11(2)12-9(10(14)13-11)8-6-4-3-5-7-8/h3-7H,1-2H3. The summed E-state index contributed by atoms with van der Waals surface area (Å²) in [6.07, 6.45) is 0. The van der Waals surface area contributed by atoms with Gasteiger partial charge in [0.2, 0.25) is 0 Å². The molecule has 1 amide bonds. The van der Waals surface area contributed by atoms with Crippen LogP contribution in [0.3, 0.4) is 0 Å². The van der Waals surface area contributed by atoms with Crippen molar-refractivity contribution in [3.05, 3.63) is 35.9 Å². The molecule has 71 valence electrons. The summed E-state index contributed by atoms with van der Waals surface area (Å²) in [5.41, 5.74) is 0.713.